The summed E-state index contributed by atoms with van der Waals surface area (Å²) in [6.07, 6.45) is 3.03. The largest absolute Gasteiger partial charge is 0.392 e. The number of aliphatic hydroxyl groups is 1. The average Bonchev–Trinajstić information content (AvgIpc) is 2.47. The summed E-state index contributed by atoms with van der Waals surface area (Å²) in [6, 6.07) is 0. The molecule has 1 atom stereocenters. The van der Waals surface area contributed by atoms with E-state index < -0.39 is 0 Å². The maximum absolute atomic E-state index is 9.94. The minimum atomic E-state index is -0.174. The van der Waals surface area contributed by atoms with Crippen LogP contribution in [-0.2, 0) is 0 Å². The van der Waals surface area contributed by atoms with Crippen molar-refractivity contribution in [2.24, 2.45) is 0 Å². The van der Waals surface area contributed by atoms with Gasteiger partial charge < -0.3 is 19.8 Å². The molecule has 0 aliphatic heterocycles. The molecule has 0 spiro atoms. The zero-order chi connectivity index (χ0) is 17.0. The molecule has 0 bridgehead atoms. The second kappa shape index (κ2) is 12.3. The van der Waals surface area contributed by atoms with Crippen LogP contribution in [0.5, 0.6) is 0 Å². The van der Waals surface area contributed by atoms with Gasteiger partial charge >= 0.3 is 0 Å². The highest BCUT2D eigenvalue weighted by Crippen LogP contribution is 2.02. The van der Waals surface area contributed by atoms with E-state index in [-0.39, 0.29) is 6.10 Å². The molecule has 2 N–H and O–H groups in total. The smallest absolute Gasteiger partial charge is 0.0912 e. The Morgan fingerprint density at radius 1 is 1.05 bits per heavy atom. The Labute approximate surface area is 138 Å². The molecule has 0 radical (unpaired) electrons. The lowest BCUT2D eigenvalue weighted by molar-refractivity contribution is -0.888. The SMILES string of the molecule is CCCCC(O)CN(C)CCN(C)CC[N+](C)(C)CCNC. The van der Waals surface area contributed by atoms with Crippen molar-refractivity contribution in [1.82, 2.24) is 15.1 Å². The molecule has 0 amide bonds. The van der Waals surface area contributed by atoms with Gasteiger partial charge in [0.25, 0.3) is 0 Å². The van der Waals surface area contributed by atoms with Crippen molar-refractivity contribution in [2.45, 2.75) is 32.3 Å². The fourth-order valence-electron chi connectivity index (χ4n) is 2.40. The molecule has 134 valence electrons. The van der Waals surface area contributed by atoms with E-state index in [0.29, 0.717) is 0 Å². The minimum absolute atomic E-state index is 0.174. The van der Waals surface area contributed by atoms with Gasteiger partial charge in [0.15, 0.2) is 0 Å². The van der Waals surface area contributed by atoms with Gasteiger partial charge in [0.2, 0.25) is 0 Å². The van der Waals surface area contributed by atoms with E-state index in [1.165, 1.54) is 6.54 Å². The summed E-state index contributed by atoms with van der Waals surface area (Å²) in [5, 5.41) is 13.2. The van der Waals surface area contributed by atoms with E-state index >= 15 is 0 Å². The number of hydrogen-bond donors (Lipinski definition) is 2. The van der Waals surface area contributed by atoms with Gasteiger partial charge in [-0.1, -0.05) is 19.8 Å². The molecule has 0 aromatic carbocycles. The van der Waals surface area contributed by atoms with Crippen molar-refractivity contribution in [3.63, 3.8) is 0 Å². The van der Waals surface area contributed by atoms with Crippen LogP contribution in [0.1, 0.15) is 26.2 Å². The molecule has 0 aliphatic carbocycles. The Kier molecular flexibility index (Phi) is 12.1. The molecule has 0 aliphatic rings. The molecule has 5 nitrogen and oxygen atoms in total. The fourth-order valence-corrected chi connectivity index (χ4v) is 2.40. The summed E-state index contributed by atoms with van der Waals surface area (Å²) in [5.74, 6) is 0. The van der Waals surface area contributed by atoms with Crippen molar-refractivity contribution >= 4 is 0 Å². The lowest BCUT2D eigenvalue weighted by atomic mass is 10.1. The Bertz CT molecular complexity index is 261. The van der Waals surface area contributed by atoms with Gasteiger partial charge in [0.1, 0.15) is 0 Å². The van der Waals surface area contributed by atoms with Gasteiger partial charge in [0.05, 0.1) is 33.3 Å². The average molecular weight is 318 g/mol. The highest BCUT2D eigenvalue weighted by molar-refractivity contribution is 4.63. The number of likely N-dealkylation sites (N-methyl/N-ethyl adjacent to an activating group) is 4. The molecule has 0 aromatic rings. The first-order chi connectivity index (χ1) is 10.3. The maximum Gasteiger partial charge on any atom is 0.0912 e. The molecule has 22 heavy (non-hydrogen) atoms. The number of hydrogen-bond acceptors (Lipinski definition) is 4. The number of aliphatic hydroxyl groups excluding tert-OH is 1. The van der Waals surface area contributed by atoms with Crippen molar-refractivity contribution in [3.05, 3.63) is 0 Å². The second-order valence-corrected chi connectivity index (χ2v) is 7.35. The molecule has 0 saturated heterocycles. The maximum atomic E-state index is 9.94. The van der Waals surface area contributed by atoms with Crippen LogP contribution in [0.15, 0.2) is 0 Å². The van der Waals surface area contributed by atoms with E-state index in [4.69, 9.17) is 0 Å². The first-order valence-electron chi connectivity index (χ1n) is 8.82. The van der Waals surface area contributed by atoms with E-state index in [9.17, 15) is 5.11 Å². The van der Waals surface area contributed by atoms with Crippen molar-refractivity contribution in [3.8, 4) is 0 Å². The third-order valence-electron chi connectivity index (χ3n) is 4.33. The van der Waals surface area contributed by atoms with Crippen LogP contribution >= 0.6 is 0 Å². The molecule has 0 heterocycles. The van der Waals surface area contributed by atoms with Crippen LogP contribution in [0.3, 0.4) is 0 Å². The van der Waals surface area contributed by atoms with Gasteiger partial charge in [-0.25, -0.2) is 0 Å². The second-order valence-electron chi connectivity index (χ2n) is 7.35. The van der Waals surface area contributed by atoms with E-state index in [0.717, 1.165) is 63.0 Å². The highest BCUT2D eigenvalue weighted by Gasteiger charge is 2.15. The van der Waals surface area contributed by atoms with E-state index in [1.807, 2.05) is 7.05 Å². The minimum Gasteiger partial charge on any atom is -0.392 e. The Hall–Kier alpha value is -0.200. The molecule has 1 unspecified atom stereocenters. The van der Waals surface area contributed by atoms with Gasteiger partial charge in [-0.15, -0.1) is 0 Å². The van der Waals surface area contributed by atoms with Crippen LogP contribution < -0.4 is 5.32 Å². The Morgan fingerprint density at radius 3 is 2.27 bits per heavy atom. The third kappa shape index (κ3) is 12.4. The molecule has 0 saturated carbocycles. The molecular formula is C17H41N4O+. The Morgan fingerprint density at radius 2 is 1.68 bits per heavy atom. The van der Waals surface area contributed by atoms with E-state index in [2.05, 4.69) is 50.2 Å². The summed E-state index contributed by atoms with van der Waals surface area (Å²) in [7, 11) is 10.9. The summed E-state index contributed by atoms with van der Waals surface area (Å²) in [5.41, 5.74) is 0. The van der Waals surface area contributed by atoms with Crippen LogP contribution in [0.2, 0.25) is 0 Å². The predicted octanol–water partition coefficient (Wildman–Crippen LogP) is 0.697. The molecule has 0 rings (SSSR count). The summed E-state index contributed by atoms with van der Waals surface area (Å²) in [6.45, 7) is 9.54. The van der Waals surface area contributed by atoms with Crippen LogP contribution in [0, 0.1) is 0 Å². The van der Waals surface area contributed by atoms with Gasteiger partial charge in [-0.05, 0) is 27.6 Å². The zero-order valence-corrected chi connectivity index (χ0v) is 15.9. The van der Waals surface area contributed by atoms with Crippen LogP contribution in [-0.4, -0.2) is 107 Å². The number of nitrogens with zero attached hydrogens (tertiary/aromatic N) is 3. The van der Waals surface area contributed by atoms with E-state index in [1.54, 1.807) is 0 Å². The topological polar surface area (TPSA) is 38.7 Å². The van der Waals surface area contributed by atoms with Crippen LogP contribution in [0.25, 0.3) is 0 Å². The molecule has 0 fully saturated rings. The molecule has 5 heteroatoms. The quantitative estimate of drug-likeness (QED) is 0.463. The van der Waals surface area contributed by atoms with Gasteiger partial charge in [-0.3, -0.25) is 4.90 Å². The lowest BCUT2D eigenvalue weighted by Crippen LogP contribution is -2.48. The third-order valence-corrected chi connectivity index (χ3v) is 4.33. The highest BCUT2D eigenvalue weighted by atomic mass is 16.3. The summed E-state index contributed by atoms with van der Waals surface area (Å²) < 4.78 is 1.05. The standard InChI is InChI=1S/C17H41N4O/c1-7-8-9-17(22)16-20(4)12-11-19(3)13-15-21(5,6)14-10-18-2/h17-18,22H,7-16H2,1-6H3/q+1. The lowest BCUT2D eigenvalue weighted by Gasteiger charge is -2.32. The van der Waals surface area contributed by atoms with Crippen molar-refractivity contribution < 1.29 is 9.59 Å². The number of rotatable bonds is 14. The first-order valence-corrected chi connectivity index (χ1v) is 8.82. The summed E-state index contributed by atoms with van der Waals surface area (Å²) in [4.78, 5) is 4.64. The van der Waals surface area contributed by atoms with Crippen LogP contribution in [0.4, 0.5) is 0 Å². The zero-order valence-electron chi connectivity index (χ0n) is 15.9. The monoisotopic (exact) mass is 317 g/mol. The van der Waals surface area contributed by atoms with Gasteiger partial charge in [-0.2, -0.15) is 0 Å². The first kappa shape index (κ1) is 21.8. The molecular weight excluding hydrogens is 276 g/mol. The summed E-state index contributed by atoms with van der Waals surface area (Å²) >= 11 is 0. The van der Waals surface area contributed by atoms with Crippen molar-refractivity contribution in [1.29, 1.82) is 0 Å². The number of unbranched alkanes of at least 4 members (excludes halogenated alkanes) is 1. The number of quaternary nitrogens is 1. The van der Waals surface area contributed by atoms with Gasteiger partial charge in [0, 0.05) is 32.7 Å². The normalized spacial score (nSPS) is 14.0. The predicted molar refractivity (Wildman–Crippen MR) is 96.3 cm³/mol. The Balaban J connectivity index is 3.81. The fraction of sp³-hybridized carbons (Fsp3) is 1.00. The number of nitrogens with one attached hydrogen (secondary N) is 1. The van der Waals surface area contributed by atoms with Crippen molar-refractivity contribution in [2.75, 3.05) is 81.1 Å². The molecule has 0 aromatic heterocycles.